The summed E-state index contributed by atoms with van der Waals surface area (Å²) in [5.41, 5.74) is 6.26. The highest BCUT2D eigenvalue weighted by atomic mass is 15.4. The summed E-state index contributed by atoms with van der Waals surface area (Å²) in [5, 5.41) is 12.4. The van der Waals surface area contributed by atoms with Gasteiger partial charge in [-0.1, -0.05) is 83.3 Å². The van der Waals surface area contributed by atoms with Gasteiger partial charge in [0.2, 0.25) is 0 Å². The minimum atomic E-state index is 0.0946. The van der Waals surface area contributed by atoms with Gasteiger partial charge < -0.3 is 5.32 Å². The van der Waals surface area contributed by atoms with E-state index in [-0.39, 0.29) is 5.41 Å². The monoisotopic (exact) mass is 350 g/mol. The van der Waals surface area contributed by atoms with Gasteiger partial charge >= 0.3 is 0 Å². The maximum absolute atomic E-state index is 4.52. The van der Waals surface area contributed by atoms with E-state index in [1.807, 2.05) is 42.8 Å². The quantitative estimate of drug-likeness (QED) is 0.827. The molecule has 1 aromatic heterocycles. The average molecular weight is 351 g/mol. The van der Waals surface area contributed by atoms with E-state index in [9.17, 15) is 0 Å². The minimum absolute atomic E-state index is 0.0946. The summed E-state index contributed by atoms with van der Waals surface area (Å²) in [6.07, 6.45) is 3.70. The van der Waals surface area contributed by atoms with Crippen LogP contribution in [-0.4, -0.2) is 15.0 Å². The van der Waals surface area contributed by atoms with Gasteiger partial charge in [-0.2, -0.15) is 0 Å². The number of aromatic nitrogens is 3. The lowest BCUT2D eigenvalue weighted by Crippen LogP contribution is -2.21. The van der Waals surface area contributed by atoms with Gasteiger partial charge in [-0.3, -0.25) is 0 Å². The molecule has 0 radical (unpaired) electrons. The van der Waals surface area contributed by atoms with Gasteiger partial charge in [0.1, 0.15) is 5.69 Å². The van der Waals surface area contributed by atoms with Gasteiger partial charge in [-0.15, -0.1) is 5.10 Å². The topological polar surface area (TPSA) is 42.7 Å². The van der Waals surface area contributed by atoms with Crippen LogP contribution in [0.1, 0.15) is 45.9 Å². The van der Waals surface area contributed by atoms with Crippen molar-refractivity contribution in [1.82, 2.24) is 20.3 Å². The Labute approximate surface area is 157 Å². The van der Waals surface area contributed by atoms with Crippen molar-refractivity contribution >= 4 is 5.57 Å². The van der Waals surface area contributed by atoms with Crippen LogP contribution < -0.4 is 5.32 Å². The van der Waals surface area contributed by atoms with Crippen LogP contribution in [0.3, 0.4) is 0 Å². The first-order valence-electron chi connectivity index (χ1n) is 9.20. The highest BCUT2D eigenvalue weighted by molar-refractivity contribution is 5.85. The number of benzene rings is 1. The first-order chi connectivity index (χ1) is 12.4. The second-order valence-corrected chi connectivity index (χ2v) is 7.25. The van der Waals surface area contributed by atoms with E-state index < -0.39 is 0 Å². The molecule has 26 heavy (non-hydrogen) atoms. The van der Waals surface area contributed by atoms with Crippen LogP contribution in [0.15, 0.2) is 55.3 Å². The zero-order valence-electron chi connectivity index (χ0n) is 16.6. The highest BCUT2D eigenvalue weighted by Crippen LogP contribution is 2.34. The van der Waals surface area contributed by atoms with Crippen LogP contribution in [0.4, 0.5) is 0 Å². The first-order valence-corrected chi connectivity index (χ1v) is 9.20. The number of allylic oxidation sites excluding steroid dienone is 3. The Morgan fingerprint density at radius 1 is 1.15 bits per heavy atom. The molecule has 3 rings (SSSR count). The second-order valence-electron chi connectivity index (χ2n) is 7.25. The Bertz CT molecular complexity index is 819. The minimum Gasteiger partial charge on any atom is -0.380 e. The zero-order valence-corrected chi connectivity index (χ0v) is 16.6. The van der Waals surface area contributed by atoms with Crippen LogP contribution >= 0.6 is 0 Å². The number of nitrogens with zero attached hydrogens (tertiary/aromatic N) is 3. The van der Waals surface area contributed by atoms with E-state index in [1.165, 1.54) is 5.56 Å². The molecule has 4 heteroatoms. The third-order valence-corrected chi connectivity index (χ3v) is 4.05. The molecular formula is C22H30N4. The molecule has 0 bridgehead atoms. The lowest BCUT2D eigenvalue weighted by molar-refractivity contribution is 0.320. The fourth-order valence-electron chi connectivity index (χ4n) is 3.03. The third kappa shape index (κ3) is 3.96. The number of fused-ring (bicyclic) bond motifs is 3. The van der Waals surface area contributed by atoms with Crippen molar-refractivity contribution in [2.45, 2.75) is 47.7 Å². The molecule has 138 valence electrons. The average Bonchev–Trinajstić information content (AvgIpc) is 2.99. The number of rotatable bonds is 3. The molecule has 0 amide bonds. The van der Waals surface area contributed by atoms with Crippen molar-refractivity contribution < 1.29 is 0 Å². The Morgan fingerprint density at radius 3 is 2.46 bits per heavy atom. The predicted molar refractivity (Wildman–Crippen MR) is 110 cm³/mol. The highest BCUT2D eigenvalue weighted by Gasteiger charge is 2.25. The third-order valence-electron chi connectivity index (χ3n) is 4.05. The Morgan fingerprint density at radius 2 is 1.85 bits per heavy atom. The fraction of sp³-hybridized carbons (Fsp3) is 0.364. The molecule has 0 unspecified atom stereocenters. The second kappa shape index (κ2) is 8.17. The SMILES string of the molecule is C=C/C1=C(\C=C)c2c(nnn2CC(C)(C)C)-c2ccccc2CN1.CC. The lowest BCUT2D eigenvalue weighted by Gasteiger charge is -2.22. The van der Waals surface area contributed by atoms with Gasteiger partial charge in [0.25, 0.3) is 0 Å². The summed E-state index contributed by atoms with van der Waals surface area (Å²) in [6, 6.07) is 8.31. The van der Waals surface area contributed by atoms with E-state index >= 15 is 0 Å². The molecule has 4 nitrogen and oxygen atoms in total. The maximum atomic E-state index is 4.52. The summed E-state index contributed by atoms with van der Waals surface area (Å²) in [6.45, 7) is 20.1. The molecule has 0 aliphatic carbocycles. The summed E-state index contributed by atoms with van der Waals surface area (Å²) >= 11 is 0. The first kappa shape index (κ1) is 19.7. The van der Waals surface area contributed by atoms with Gasteiger partial charge in [-0.05, 0) is 17.1 Å². The summed E-state index contributed by atoms with van der Waals surface area (Å²) < 4.78 is 1.99. The van der Waals surface area contributed by atoms with E-state index in [0.717, 1.165) is 41.3 Å². The van der Waals surface area contributed by atoms with Crippen molar-refractivity contribution in [2.24, 2.45) is 5.41 Å². The Kier molecular flexibility index (Phi) is 6.19. The van der Waals surface area contributed by atoms with Gasteiger partial charge in [0.05, 0.1) is 5.69 Å². The number of hydrogen-bond donors (Lipinski definition) is 1. The predicted octanol–water partition coefficient (Wildman–Crippen LogP) is 5.20. The molecule has 1 aliphatic rings. The lowest BCUT2D eigenvalue weighted by atomic mass is 9.94. The van der Waals surface area contributed by atoms with Crippen molar-refractivity contribution in [3.8, 4) is 11.3 Å². The Hall–Kier alpha value is -2.62. The number of nitrogens with one attached hydrogen (secondary N) is 1. The zero-order chi connectivity index (χ0) is 19.3. The van der Waals surface area contributed by atoms with Gasteiger partial charge in [0.15, 0.2) is 0 Å². The smallest absolute Gasteiger partial charge is 0.121 e. The molecule has 0 spiro atoms. The van der Waals surface area contributed by atoms with E-state index in [0.29, 0.717) is 0 Å². The molecule has 0 saturated heterocycles. The van der Waals surface area contributed by atoms with Crippen molar-refractivity contribution in [2.75, 3.05) is 0 Å². The standard InChI is InChI=1S/C20H24N4.C2H6/c1-6-15-17(7-2)21-12-14-10-8-9-11-16(14)18-19(15)24(23-22-18)13-20(3,4)5;1-2/h6-11,21H,1-2,12-13H2,3-5H3;1-2H3/b17-15-;. The fourth-order valence-corrected chi connectivity index (χ4v) is 3.03. The van der Waals surface area contributed by atoms with Gasteiger partial charge in [0, 0.05) is 29.9 Å². The molecule has 1 aromatic carbocycles. The normalized spacial score (nSPS) is 16.0. The van der Waals surface area contributed by atoms with Gasteiger partial charge in [-0.25, -0.2) is 4.68 Å². The summed E-state index contributed by atoms with van der Waals surface area (Å²) in [5.74, 6) is 0. The van der Waals surface area contributed by atoms with Crippen LogP contribution in [0.25, 0.3) is 16.8 Å². The molecule has 2 heterocycles. The van der Waals surface area contributed by atoms with Crippen LogP contribution in [0.5, 0.6) is 0 Å². The van der Waals surface area contributed by atoms with E-state index in [1.54, 1.807) is 0 Å². The van der Waals surface area contributed by atoms with Crippen molar-refractivity contribution in [1.29, 1.82) is 0 Å². The maximum Gasteiger partial charge on any atom is 0.121 e. The van der Waals surface area contributed by atoms with Crippen LogP contribution in [0, 0.1) is 5.41 Å². The van der Waals surface area contributed by atoms with Crippen LogP contribution in [0.2, 0.25) is 0 Å². The molecule has 0 atom stereocenters. The summed E-state index contributed by atoms with van der Waals surface area (Å²) in [4.78, 5) is 0. The van der Waals surface area contributed by atoms with Crippen molar-refractivity contribution in [3.05, 3.63) is 66.5 Å². The molecule has 1 N–H and O–H groups in total. The number of hydrogen-bond acceptors (Lipinski definition) is 3. The molecular weight excluding hydrogens is 320 g/mol. The molecule has 0 saturated carbocycles. The van der Waals surface area contributed by atoms with Crippen LogP contribution in [-0.2, 0) is 13.1 Å². The largest absolute Gasteiger partial charge is 0.380 e. The van der Waals surface area contributed by atoms with Crippen molar-refractivity contribution in [3.63, 3.8) is 0 Å². The molecule has 1 aliphatic heterocycles. The van der Waals surface area contributed by atoms with E-state index in [2.05, 4.69) is 61.7 Å². The Balaban J connectivity index is 0.00000117. The summed E-state index contributed by atoms with van der Waals surface area (Å²) in [7, 11) is 0. The van der Waals surface area contributed by atoms with E-state index in [4.69, 9.17) is 0 Å². The molecule has 2 aromatic rings. The molecule has 0 fully saturated rings.